The van der Waals surface area contributed by atoms with Crippen LogP contribution in [-0.4, -0.2) is 28.8 Å². The molecule has 29 heavy (non-hydrogen) atoms. The summed E-state index contributed by atoms with van der Waals surface area (Å²) in [5, 5.41) is 0. The number of benzene rings is 1. The van der Waals surface area contributed by atoms with Crippen LogP contribution < -0.4 is 4.74 Å². The third-order valence-corrected chi connectivity index (χ3v) is 5.58. The summed E-state index contributed by atoms with van der Waals surface area (Å²) < 4.78 is 11.5. The molecule has 0 unspecified atom stereocenters. The number of unbranched alkanes of at least 4 members (excludes halogenated alkanes) is 6. The number of nitrogens with zero attached hydrogens (tertiary/aromatic N) is 2. The molecule has 0 bridgehead atoms. The molecular formula is C25H36N2O2. The van der Waals surface area contributed by atoms with E-state index in [1.54, 1.807) is 0 Å². The molecule has 1 aliphatic rings. The molecule has 3 rings (SSSR count). The Bertz CT molecular complexity index is 700. The average Bonchev–Trinajstić information content (AvgIpc) is 3.52. The maximum atomic E-state index is 5.86. The maximum absolute atomic E-state index is 5.86. The Balaban J connectivity index is 1.39. The number of hydrogen-bond donors (Lipinski definition) is 0. The standard InChI is InChI=1S/C25H36N2O2/c1-3-5-7-8-9-10-11-20-17-26-25(27-18-20)21-13-15-22(16-14-21)28-19-24-23(29-24)12-6-4-2/h13-18,23-24H,3-12,19H2,1-2H3/t23-,24-/m0/s1. The topological polar surface area (TPSA) is 47.5 Å². The van der Waals surface area contributed by atoms with Crippen molar-refractivity contribution in [3.05, 3.63) is 42.2 Å². The molecule has 1 aliphatic heterocycles. The van der Waals surface area contributed by atoms with Gasteiger partial charge in [-0.3, -0.25) is 0 Å². The van der Waals surface area contributed by atoms with Gasteiger partial charge in [0, 0.05) is 18.0 Å². The summed E-state index contributed by atoms with van der Waals surface area (Å²) in [5.74, 6) is 1.64. The monoisotopic (exact) mass is 396 g/mol. The summed E-state index contributed by atoms with van der Waals surface area (Å²) in [5.41, 5.74) is 2.25. The largest absolute Gasteiger partial charge is 0.491 e. The lowest BCUT2D eigenvalue weighted by atomic mass is 10.1. The van der Waals surface area contributed by atoms with Crippen LogP contribution in [0.4, 0.5) is 0 Å². The van der Waals surface area contributed by atoms with Gasteiger partial charge in [0.15, 0.2) is 5.82 Å². The van der Waals surface area contributed by atoms with Gasteiger partial charge in [0.2, 0.25) is 0 Å². The Morgan fingerprint density at radius 1 is 0.828 bits per heavy atom. The molecule has 158 valence electrons. The number of ether oxygens (including phenoxy) is 2. The van der Waals surface area contributed by atoms with Gasteiger partial charge in [0.25, 0.3) is 0 Å². The molecule has 0 saturated carbocycles. The summed E-state index contributed by atoms with van der Waals surface area (Å²) in [6.45, 7) is 5.10. The van der Waals surface area contributed by atoms with E-state index in [0.29, 0.717) is 12.7 Å². The van der Waals surface area contributed by atoms with Crippen LogP contribution in [0.5, 0.6) is 5.75 Å². The van der Waals surface area contributed by atoms with Gasteiger partial charge in [-0.05, 0) is 49.1 Å². The van der Waals surface area contributed by atoms with E-state index in [1.165, 1.54) is 56.9 Å². The molecule has 4 nitrogen and oxygen atoms in total. The van der Waals surface area contributed by atoms with Gasteiger partial charge in [-0.25, -0.2) is 9.97 Å². The van der Waals surface area contributed by atoms with Crippen molar-refractivity contribution < 1.29 is 9.47 Å². The van der Waals surface area contributed by atoms with Gasteiger partial charge in [0.05, 0.1) is 6.10 Å². The second-order valence-electron chi connectivity index (χ2n) is 8.12. The molecule has 0 spiro atoms. The minimum Gasteiger partial charge on any atom is -0.491 e. The summed E-state index contributed by atoms with van der Waals surface area (Å²) in [6.07, 6.45) is 17.2. The molecule has 1 aromatic carbocycles. The predicted octanol–water partition coefficient (Wildman–Crippen LogP) is 6.38. The SMILES string of the molecule is CCCCCCCCc1cnc(-c2ccc(OC[C@@H]3O[C@H]3CCCC)cc2)nc1. The van der Waals surface area contributed by atoms with Gasteiger partial charge in [-0.15, -0.1) is 0 Å². The maximum Gasteiger partial charge on any atom is 0.159 e. The molecule has 2 heterocycles. The fraction of sp³-hybridized carbons (Fsp3) is 0.600. The zero-order valence-electron chi connectivity index (χ0n) is 18.1. The van der Waals surface area contributed by atoms with E-state index < -0.39 is 0 Å². The van der Waals surface area contributed by atoms with E-state index in [1.807, 2.05) is 36.7 Å². The predicted molar refractivity (Wildman–Crippen MR) is 118 cm³/mol. The van der Waals surface area contributed by atoms with Crippen LogP contribution >= 0.6 is 0 Å². The van der Waals surface area contributed by atoms with E-state index >= 15 is 0 Å². The fourth-order valence-electron chi connectivity index (χ4n) is 3.61. The number of epoxide rings is 1. The van der Waals surface area contributed by atoms with E-state index in [-0.39, 0.29) is 6.10 Å². The molecule has 1 saturated heterocycles. The summed E-state index contributed by atoms with van der Waals surface area (Å²) in [6, 6.07) is 8.04. The van der Waals surface area contributed by atoms with Crippen molar-refractivity contribution >= 4 is 0 Å². The number of aromatic nitrogens is 2. The van der Waals surface area contributed by atoms with Gasteiger partial charge >= 0.3 is 0 Å². The van der Waals surface area contributed by atoms with Gasteiger partial charge in [-0.2, -0.15) is 0 Å². The first-order chi connectivity index (χ1) is 14.3. The van der Waals surface area contributed by atoms with Crippen LogP contribution in [-0.2, 0) is 11.2 Å². The Labute approximate surface area is 176 Å². The first-order valence-corrected chi connectivity index (χ1v) is 11.5. The molecule has 0 amide bonds. The molecule has 0 aliphatic carbocycles. The second-order valence-corrected chi connectivity index (χ2v) is 8.12. The minimum atomic E-state index is 0.267. The molecular weight excluding hydrogens is 360 g/mol. The van der Waals surface area contributed by atoms with Crippen molar-refractivity contribution in [1.82, 2.24) is 9.97 Å². The Hall–Kier alpha value is -1.94. The third kappa shape index (κ3) is 7.43. The molecule has 2 atom stereocenters. The van der Waals surface area contributed by atoms with Crippen molar-refractivity contribution in [2.75, 3.05) is 6.61 Å². The number of rotatable bonds is 14. The molecule has 1 fully saturated rings. The first-order valence-electron chi connectivity index (χ1n) is 11.5. The lowest BCUT2D eigenvalue weighted by Crippen LogP contribution is -2.07. The fourth-order valence-corrected chi connectivity index (χ4v) is 3.61. The smallest absolute Gasteiger partial charge is 0.159 e. The highest BCUT2D eigenvalue weighted by molar-refractivity contribution is 5.55. The molecule has 1 aromatic heterocycles. The number of aryl methyl sites for hydroxylation is 1. The quantitative estimate of drug-likeness (QED) is 0.274. The zero-order chi connectivity index (χ0) is 20.3. The highest BCUT2D eigenvalue weighted by Crippen LogP contribution is 2.28. The van der Waals surface area contributed by atoms with E-state index in [4.69, 9.17) is 9.47 Å². The van der Waals surface area contributed by atoms with Crippen LogP contribution in [0.1, 0.15) is 77.2 Å². The Kier molecular flexibility index (Phi) is 8.94. The van der Waals surface area contributed by atoms with Crippen LogP contribution in [0.25, 0.3) is 11.4 Å². The van der Waals surface area contributed by atoms with Gasteiger partial charge in [-0.1, -0.05) is 58.8 Å². The van der Waals surface area contributed by atoms with Crippen LogP contribution in [0.3, 0.4) is 0 Å². The van der Waals surface area contributed by atoms with Crippen LogP contribution in [0.15, 0.2) is 36.7 Å². The molecule has 0 N–H and O–H groups in total. The van der Waals surface area contributed by atoms with Crippen molar-refractivity contribution in [2.45, 2.75) is 90.3 Å². The van der Waals surface area contributed by atoms with Crippen LogP contribution in [0, 0.1) is 0 Å². The zero-order valence-corrected chi connectivity index (χ0v) is 18.1. The van der Waals surface area contributed by atoms with Gasteiger partial charge < -0.3 is 9.47 Å². The van der Waals surface area contributed by atoms with Crippen molar-refractivity contribution in [3.63, 3.8) is 0 Å². The van der Waals surface area contributed by atoms with E-state index in [9.17, 15) is 0 Å². The van der Waals surface area contributed by atoms with Crippen molar-refractivity contribution in [2.24, 2.45) is 0 Å². The minimum absolute atomic E-state index is 0.267. The van der Waals surface area contributed by atoms with Gasteiger partial charge in [0.1, 0.15) is 18.5 Å². The Morgan fingerprint density at radius 2 is 1.52 bits per heavy atom. The highest BCUT2D eigenvalue weighted by atomic mass is 16.6. The molecule has 4 heteroatoms. The summed E-state index contributed by atoms with van der Waals surface area (Å²) >= 11 is 0. The Morgan fingerprint density at radius 3 is 2.24 bits per heavy atom. The lowest BCUT2D eigenvalue weighted by Gasteiger charge is -2.06. The van der Waals surface area contributed by atoms with E-state index in [0.717, 1.165) is 30.0 Å². The molecule has 0 radical (unpaired) electrons. The number of hydrogen-bond acceptors (Lipinski definition) is 4. The summed E-state index contributed by atoms with van der Waals surface area (Å²) in [7, 11) is 0. The highest BCUT2D eigenvalue weighted by Gasteiger charge is 2.38. The van der Waals surface area contributed by atoms with Crippen molar-refractivity contribution in [1.29, 1.82) is 0 Å². The normalized spacial score (nSPS) is 18.0. The summed E-state index contributed by atoms with van der Waals surface area (Å²) in [4.78, 5) is 9.12. The second kappa shape index (κ2) is 11.9. The first kappa shape index (κ1) is 21.8. The van der Waals surface area contributed by atoms with Crippen LogP contribution in [0.2, 0.25) is 0 Å². The third-order valence-electron chi connectivity index (χ3n) is 5.58. The lowest BCUT2D eigenvalue weighted by molar-refractivity contribution is 0.259. The molecule has 2 aromatic rings. The van der Waals surface area contributed by atoms with E-state index in [2.05, 4.69) is 23.8 Å². The van der Waals surface area contributed by atoms with Crippen molar-refractivity contribution in [3.8, 4) is 17.1 Å². The average molecular weight is 397 g/mol.